The zero-order valence-corrected chi connectivity index (χ0v) is 9.45. The van der Waals surface area contributed by atoms with Crippen LogP contribution in [0.5, 0.6) is 0 Å². The molecule has 80 valence electrons. The normalized spacial score (nSPS) is 11.1. The summed E-state index contributed by atoms with van der Waals surface area (Å²) in [7, 11) is 0. The van der Waals surface area contributed by atoms with Crippen molar-refractivity contribution in [3.8, 4) is 0 Å². The van der Waals surface area contributed by atoms with Gasteiger partial charge in [0.05, 0.1) is 5.69 Å². The Morgan fingerprint density at radius 3 is 2.93 bits per heavy atom. The molecule has 14 heavy (non-hydrogen) atoms. The third kappa shape index (κ3) is 3.14. The molecule has 0 aliphatic carbocycles. The van der Waals surface area contributed by atoms with Gasteiger partial charge in [0.25, 0.3) is 0 Å². The molecule has 0 aliphatic heterocycles. The smallest absolute Gasteiger partial charge is 0.0525 e. The third-order valence-corrected chi connectivity index (χ3v) is 2.25. The van der Waals surface area contributed by atoms with E-state index in [2.05, 4.69) is 41.9 Å². The summed E-state index contributed by atoms with van der Waals surface area (Å²) in [4.78, 5) is 0. The maximum absolute atomic E-state index is 4.29. The van der Waals surface area contributed by atoms with Crippen molar-refractivity contribution in [2.24, 2.45) is 0 Å². The molecular formula is C11H21N3. The van der Waals surface area contributed by atoms with E-state index in [-0.39, 0.29) is 0 Å². The summed E-state index contributed by atoms with van der Waals surface area (Å²) in [6.07, 6.45) is 4.36. The minimum Gasteiger partial charge on any atom is -0.311 e. The minimum absolute atomic E-state index is 0.452. The first-order valence-corrected chi connectivity index (χ1v) is 5.48. The summed E-state index contributed by atoms with van der Waals surface area (Å²) in [6.45, 7) is 8.54. The van der Waals surface area contributed by atoms with Crippen molar-refractivity contribution in [2.45, 2.75) is 46.2 Å². The van der Waals surface area contributed by atoms with Gasteiger partial charge in [-0.3, -0.25) is 4.68 Å². The number of nitrogens with zero attached hydrogens (tertiary/aromatic N) is 2. The van der Waals surface area contributed by atoms with E-state index in [1.54, 1.807) is 0 Å². The number of rotatable bonds is 6. The first-order chi connectivity index (χ1) is 6.75. The molecule has 0 saturated heterocycles. The van der Waals surface area contributed by atoms with Gasteiger partial charge in [0, 0.05) is 18.8 Å². The molecule has 0 bridgehead atoms. The molecule has 0 saturated carbocycles. The van der Waals surface area contributed by atoms with Gasteiger partial charge in [-0.05, 0) is 32.9 Å². The van der Waals surface area contributed by atoms with Crippen LogP contribution in [0.1, 0.15) is 45.3 Å². The first kappa shape index (κ1) is 11.2. The molecule has 1 aromatic heterocycles. The van der Waals surface area contributed by atoms with E-state index >= 15 is 0 Å². The van der Waals surface area contributed by atoms with Gasteiger partial charge in [0.15, 0.2) is 0 Å². The highest BCUT2D eigenvalue weighted by Crippen LogP contribution is 2.07. The molecule has 0 unspecified atom stereocenters. The molecule has 1 aromatic rings. The van der Waals surface area contributed by atoms with E-state index in [1.807, 2.05) is 6.20 Å². The Morgan fingerprint density at radius 2 is 2.29 bits per heavy atom. The van der Waals surface area contributed by atoms with E-state index in [0.717, 1.165) is 13.1 Å². The molecule has 0 aromatic carbocycles. The topological polar surface area (TPSA) is 29.9 Å². The quantitative estimate of drug-likeness (QED) is 0.706. The van der Waals surface area contributed by atoms with Gasteiger partial charge in [-0.1, -0.05) is 13.3 Å². The van der Waals surface area contributed by atoms with Crippen LogP contribution in [0.4, 0.5) is 0 Å². The fourth-order valence-electron chi connectivity index (χ4n) is 1.46. The number of nitrogens with one attached hydrogen (secondary N) is 1. The monoisotopic (exact) mass is 195 g/mol. The lowest BCUT2D eigenvalue weighted by Crippen LogP contribution is -2.18. The van der Waals surface area contributed by atoms with Crippen LogP contribution in [0, 0.1) is 0 Å². The highest BCUT2D eigenvalue weighted by atomic mass is 15.3. The van der Waals surface area contributed by atoms with Gasteiger partial charge in [-0.15, -0.1) is 0 Å². The highest BCUT2D eigenvalue weighted by Gasteiger charge is 2.04. The van der Waals surface area contributed by atoms with Crippen molar-refractivity contribution in [1.82, 2.24) is 15.1 Å². The van der Waals surface area contributed by atoms with E-state index in [9.17, 15) is 0 Å². The summed E-state index contributed by atoms with van der Waals surface area (Å²) < 4.78 is 2.07. The molecule has 1 N–H and O–H groups in total. The van der Waals surface area contributed by atoms with Crippen LogP contribution in [0.2, 0.25) is 0 Å². The van der Waals surface area contributed by atoms with Gasteiger partial charge < -0.3 is 5.32 Å². The maximum Gasteiger partial charge on any atom is 0.0525 e. The van der Waals surface area contributed by atoms with Crippen molar-refractivity contribution in [1.29, 1.82) is 0 Å². The maximum atomic E-state index is 4.29. The third-order valence-electron chi connectivity index (χ3n) is 2.25. The van der Waals surface area contributed by atoms with Crippen LogP contribution in [0.25, 0.3) is 0 Å². The second kappa shape index (κ2) is 5.81. The molecule has 0 spiro atoms. The Hall–Kier alpha value is -0.830. The molecular weight excluding hydrogens is 174 g/mol. The van der Waals surface area contributed by atoms with Crippen molar-refractivity contribution < 1.29 is 0 Å². The standard InChI is InChI=1S/C11H21N3/c1-4-5-7-12-9-11-6-8-13-14(11)10(2)3/h6,8,10,12H,4-5,7,9H2,1-3H3. The Morgan fingerprint density at radius 1 is 1.50 bits per heavy atom. The Labute approximate surface area is 86.5 Å². The number of hydrogen-bond acceptors (Lipinski definition) is 2. The van der Waals surface area contributed by atoms with Crippen molar-refractivity contribution in [3.05, 3.63) is 18.0 Å². The predicted octanol–water partition coefficient (Wildman–Crippen LogP) is 2.35. The van der Waals surface area contributed by atoms with E-state index < -0.39 is 0 Å². The van der Waals surface area contributed by atoms with Crippen LogP contribution in [0.3, 0.4) is 0 Å². The van der Waals surface area contributed by atoms with Crippen LogP contribution in [-0.2, 0) is 6.54 Å². The molecule has 1 rings (SSSR count). The number of aromatic nitrogens is 2. The lowest BCUT2D eigenvalue weighted by molar-refractivity contribution is 0.493. The van der Waals surface area contributed by atoms with Crippen LogP contribution in [-0.4, -0.2) is 16.3 Å². The Kier molecular flexibility index (Phi) is 4.66. The van der Waals surface area contributed by atoms with Crippen molar-refractivity contribution >= 4 is 0 Å². The molecule has 0 aliphatic rings. The summed E-state index contributed by atoms with van der Waals surface area (Å²) in [5.74, 6) is 0. The summed E-state index contributed by atoms with van der Waals surface area (Å²) in [6, 6.07) is 2.53. The zero-order chi connectivity index (χ0) is 10.4. The van der Waals surface area contributed by atoms with Gasteiger partial charge in [0.2, 0.25) is 0 Å². The second-order valence-corrected chi connectivity index (χ2v) is 3.89. The highest BCUT2D eigenvalue weighted by molar-refractivity contribution is 5.00. The molecule has 0 fully saturated rings. The lowest BCUT2D eigenvalue weighted by atomic mass is 10.3. The fourth-order valence-corrected chi connectivity index (χ4v) is 1.46. The van der Waals surface area contributed by atoms with Crippen molar-refractivity contribution in [3.63, 3.8) is 0 Å². The van der Waals surface area contributed by atoms with Gasteiger partial charge >= 0.3 is 0 Å². The average molecular weight is 195 g/mol. The molecule has 1 heterocycles. The lowest BCUT2D eigenvalue weighted by Gasteiger charge is -2.11. The van der Waals surface area contributed by atoms with Crippen LogP contribution >= 0.6 is 0 Å². The second-order valence-electron chi connectivity index (χ2n) is 3.89. The number of hydrogen-bond donors (Lipinski definition) is 1. The van der Waals surface area contributed by atoms with E-state index in [1.165, 1.54) is 18.5 Å². The van der Waals surface area contributed by atoms with Crippen LogP contribution in [0.15, 0.2) is 12.3 Å². The molecule has 0 atom stereocenters. The Bertz CT molecular complexity index is 253. The van der Waals surface area contributed by atoms with E-state index in [0.29, 0.717) is 6.04 Å². The SMILES string of the molecule is CCCCNCc1ccnn1C(C)C. The average Bonchev–Trinajstić information content (AvgIpc) is 2.60. The van der Waals surface area contributed by atoms with Gasteiger partial charge in [0.1, 0.15) is 0 Å². The molecule has 0 radical (unpaired) electrons. The largest absolute Gasteiger partial charge is 0.311 e. The minimum atomic E-state index is 0.452. The summed E-state index contributed by atoms with van der Waals surface area (Å²) in [5, 5.41) is 7.71. The van der Waals surface area contributed by atoms with E-state index in [4.69, 9.17) is 0 Å². The molecule has 0 amide bonds. The molecule has 3 nitrogen and oxygen atoms in total. The predicted molar refractivity (Wildman–Crippen MR) is 59.2 cm³/mol. The zero-order valence-electron chi connectivity index (χ0n) is 9.45. The molecule has 3 heteroatoms. The number of unbranched alkanes of at least 4 members (excludes halogenated alkanes) is 1. The fraction of sp³-hybridized carbons (Fsp3) is 0.727. The Balaban J connectivity index is 2.38. The van der Waals surface area contributed by atoms with Crippen LogP contribution < -0.4 is 5.32 Å². The first-order valence-electron chi connectivity index (χ1n) is 5.48. The summed E-state index contributed by atoms with van der Waals surface area (Å²) in [5.41, 5.74) is 1.27. The van der Waals surface area contributed by atoms with Gasteiger partial charge in [-0.25, -0.2) is 0 Å². The summed E-state index contributed by atoms with van der Waals surface area (Å²) >= 11 is 0. The van der Waals surface area contributed by atoms with Crippen molar-refractivity contribution in [2.75, 3.05) is 6.54 Å². The van der Waals surface area contributed by atoms with Gasteiger partial charge in [-0.2, -0.15) is 5.10 Å².